The maximum absolute atomic E-state index is 11.3. The maximum atomic E-state index is 11.3. The summed E-state index contributed by atoms with van der Waals surface area (Å²) < 4.78 is 0. The smallest absolute Gasteiger partial charge is 0.157 e. The molecule has 80 valence electrons. The van der Waals surface area contributed by atoms with Crippen LogP contribution in [0.15, 0.2) is 11.8 Å². The molecule has 2 nitrogen and oxygen atoms in total. The van der Waals surface area contributed by atoms with Crippen molar-refractivity contribution < 1.29 is 4.79 Å². The third-order valence-electron chi connectivity index (χ3n) is 3.29. The maximum Gasteiger partial charge on any atom is 0.157 e. The molecular formula is C12H21NO. The van der Waals surface area contributed by atoms with Gasteiger partial charge in [-0.2, -0.15) is 0 Å². The fourth-order valence-corrected chi connectivity index (χ4v) is 1.91. The minimum Gasteiger partial charge on any atom is -0.402 e. The quantitative estimate of drug-likeness (QED) is 0.645. The summed E-state index contributed by atoms with van der Waals surface area (Å²) in [6.45, 7) is 4.55. The van der Waals surface area contributed by atoms with Crippen molar-refractivity contribution in [3.05, 3.63) is 11.8 Å². The van der Waals surface area contributed by atoms with Gasteiger partial charge in [0.1, 0.15) is 0 Å². The molecule has 1 rings (SSSR count). The molecule has 0 aliphatic heterocycles. The van der Waals surface area contributed by atoms with E-state index in [1.165, 1.54) is 6.42 Å². The monoisotopic (exact) mass is 195 g/mol. The van der Waals surface area contributed by atoms with E-state index in [4.69, 9.17) is 5.73 Å². The zero-order chi connectivity index (χ0) is 10.6. The lowest BCUT2D eigenvalue weighted by Gasteiger charge is -2.20. The Morgan fingerprint density at radius 2 is 1.86 bits per heavy atom. The van der Waals surface area contributed by atoms with Crippen LogP contribution >= 0.6 is 0 Å². The summed E-state index contributed by atoms with van der Waals surface area (Å²) in [6.07, 6.45) is 6.45. The normalized spacial score (nSPS) is 34.7. The molecule has 0 heterocycles. The van der Waals surface area contributed by atoms with Crippen LogP contribution in [0.4, 0.5) is 0 Å². The summed E-state index contributed by atoms with van der Waals surface area (Å²) in [7, 11) is 0. The minimum atomic E-state index is 0.198. The highest BCUT2D eigenvalue weighted by Gasteiger charge is 2.14. The first kappa shape index (κ1) is 11.3. The van der Waals surface area contributed by atoms with Gasteiger partial charge in [0.05, 0.1) is 0 Å². The molecule has 0 saturated heterocycles. The van der Waals surface area contributed by atoms with Crippen LogP contribution in [0.1, 0.15) is 46.0 Å². The summed E-state index contributed by atoms with van der Waals surface area (Å²) in [4.78, 5) is 11.3. The molecule has 0 fully saturated rings. The van der Waals surface area contributed by atoms with Gasteiger partial charge in [0.2, 0.25) is 0 Å². The highest BCUT2D eigenvalue weighted by atomic mass is 16.1. The van der Waals surface area contributed by atoms with Crippen molar-refractivity contribution in [2.45, 2.75) is 46.0 Å². The molecule has 2 heteroatoms. The lowest BCUT2D eigenvalue weighted by molar-refractivity contribution is -0.114. The summed E-state index contributed by atoms with van der Waals surface area (Å²) in [5.41, 5.74) is 6.52. The van der Waals surface area contributed by atoms with Crippen LogP contribution in [0.5, 0.6) is 0 Å². The van der Waals surface area contributed by atoms with E-state index in [0.717, 1.165) is 30.9 Å². The van der Waals surface area contributed by atoms with Crippen LogP contribution in [-0.4, -0.2) is 5.78 Å². The first-order chi connectivity index (χ1) is 6.59. The van der Waals surface area contributed by atoms with Crippen molar-refractivity contribution in [1.29, 1.82) is 0 Å². The van der Waals surface area contributed by atoms with Crippen molar-refractivity contribution in [1.82, 2.24) is 0 Å². The zero-order valence-electron chi connectivity index (χ0n) is 9.25. The van der Waals surface area contributed by atoms with Crippen molar-refractivity contribution in [2.75, 3.05) is 0 Å². The average molecular weight is 195 g/mol. The van der Waals surface area contributed by atoms with Gasteiger partial charge in [-0.25, -0.2) is 0 Å². The van der Waals surface area contributed by atoms with Crippen molar-refractivity contribution in [3.63, 3.8) is 0 Å². The Morgan fingerprint density at radius 3 is 2.57 bits per heavy atom. The molecule has 0 spiro atoms. The molecule has 0 saturated carbocycles. The molecule has 2 N–H and O–H groups in total. The van der Waals surface area contributed by atoms with Crippen molar-refractivity contribution in [3.8, 4) is 0 Å². The summed E-state index contributed by atoms with van der Waals surface area (Å²) >= 11 is 0. The van der Waals surface area contributed by atoms with E-state index < -0.39 is 0 Å². The van der Waals surface area contributed by atoms with Crippen LogP contribution in [0.3, 0.4) is 0 Å². The molecule has 1 aliphatic rings. The van der Waals surface area contributed by atoms with Gasteiger partial charge < -0.3 is 5.73 Å². The van der Waals surface area contributed by atoms with Crippen molar-refractivity contribution >= 4 is 5.78 Å². The lowest BCUT2D eigenvalue weighted by atomic mass is 9.86. The molecule has 1 aliphatic carbocycles. The van der Waals surface area contributed by atoms with Gasteiger partial charge in [-0.3, -0.25) is 4.79 Å². The van der Waals surface area contributed by atoms with Crippen molar-refractivity contribution in [2.24, 2.45) is 17.6 Å². The van der Waals surface area contributed by atoms with E-state index in [1.54, 1.807) is 6.08 Å². The second-order valence-corrected chi connectivity index (χ2v) is 4.57. The van der Waals surface area contributed by atoms with E-state index >= 15 is 0 Å². The number of carbonyl (C=O) groups is 1. The van der Waals surface area contributed by atoms with Crippen LogP contribution in [0.25, 0.3) is 0 Å². The molecule has 0 amide bonds. The SMILES string of the molecule is CC1CCCC(=O)/C=C(\N)CCC1C. The number of ketones is 1. The topological polar surface area (TPSA) is 43.1 Å². The molecule has 0 bridgehead atoms. The number of carbonyl (C=O) groups excluding carboxylic acids is 1. The van der Waals surface area contributed by atoms with Crippen LogP contribution < -0.4 is 5.73 Å². The van der Waals surface area contributed by atoms with Gasteiger partial charge >= 0.3 is 0 Å². The third-order valence-corrected chi connectivity index (χ3v) is 3.29. The Labute approximate surface area is 86.6 Å². The van der Waals surface area contributed by atoms with Gasteiger partial charge in [0.15, 0.2) is 5.78 Å². The fourth-order valence-electron chi connectivity index (χ4n) is 1.91. The number of rotatable bonds is 0. The van der Waals surface area contributed by atoms with Crippen LogP contribution in [-0.2, 0) is 4.79 Å². The first-order valence-corrected chi connectivity index (χ1v) is 5.58. The lowest BCUT2D eigenvalue weighted by Crippen LogP contribution is -2.13. The summed E-state index contributed by atoms with van der Waals surface area (Å²) in [6, 6.07) is 0. The Balaban J connectivity index is 2.61. The molecule has 0 aromatic rings. The summed E-state index contributed by atoms with van der Waals surface area (Å²) in [5, 5.41) is 0. The Morgan fingerprint density at radius 1 is 1.21 bits per heavy atom. The molecule has 0 aromatic carbocycles. The molecule has 2 unspecified atom stereocenters. The van der Waals surface area contributed by atoms with E-state index in [1.807, 2.05) is 0 Å². The highest BCUT2D eigenvalue weighted by molar-refractivity contribution is 5.90. The largest absolute Gasteiger partial charge is 0.402 e. The van der Waals surface area contributed by atoms with Crippen LogP contribution in [0, 0.1) is 11.8 Å². The molecule has 0 radical (unpaired) electrons. The van der Waals surface area contributed by atoms with Gasteiger partial charge in [-0.1, -0.05) is 20.3 Å². The van der Waals surface area contributed by atoms with Gasteiger partial charge in [-0.05, 0) is 37.2 Å². The second-order valence-electron chi connectivity index (χ2n) is 4.57. The minimum absolute atomic E-state index is 0.198. The van der Waals surface area contributed by atoms with Gasteiger partial charge in [0, 0.05) is 12.1 Å². The Bertz CT molecular complexity index is 232. The standard InChI is InChI=1S/C12H21NO/c1-9-4-3-5-12(14)8-11(13)7-6-10(9)2/h8-10H,3-7,13H2,1-2H3/b11-8-. The fraction of sp³-hybridized carbons (Fsp3) is 0.750. The Hall–Kier alpha value is -0.790. The molecule has 2 atom stereocenters. The van der Waals surface area contributed by atoms with E-state index in [9.17, 15) is 4.79 Å². The number of allylic oxidation sites excluding steroid dienone is 2. The second kappa shape index (κ2) is 5.18. The first-order valence-electron chi connectivity index (χ1n) is 5.58. The molecule has 0 aromatic heterocycles. The summed E-state index contributed by atoms with van der Waals surface area (Å²) in [5.74, 6) is 1.63. The van der Waals surface area contributed by atoms with E-state index in [0.29, 0.717) is 12.3 Å². The van der Waals surface area contributed by atoms with Gasteiger partial charge in [0.25, 0.3) is 0 Å². The predicted molar refractivity (Wildman–Crippen MR) is 58.7 cm³/mol. The van der Waals surface area contributed by atoms with Gasteiger partial charge in [-0.15, -0.1) is 0 Å². The van der Waals surface area contributed by atoms with E-state index in [2.05, 4.69) is 13.8 Å². The number of hydrogen-bond acceptors (Lipinski definition) is 2. The zero-order valence-corrected chi connectivity index (χ0v) is 9.25. The number of nitrogens with two attached hydrogens (primary N) is 1. The molecule has 14 heavy (non-hydrogen) atoms. The van der Waals surface area contributed by atoms with Crippen LogP contribution in [0.2, 0.25) is 0 Å². The van der Waals surface area contributed by atoms with E-state index in [-0.39, 0.29) is 5.78 Å². The molecular weight excluding hydrogens is 174 g/mol. The highest BCUT2D eigenvalue weighted by Crippen LogP contribution is 2.24. The third kappa shape index (κ3) is 3.52. The Kier molecular flexibility index (Phi) is 4.18. The predicted octanol–water partition coefficient (Wildman–Crippen LogP) is 2.63. The average Bonchev–Trinajstić information content (AvgIpc) is 2.12. The number of hydrogen-bond donors (Lipinski definition) is 1.